The zero-order valence-corrected chi connectivity index (χ0v) is 46.5. The first-order valence-electron chi connectivity index (χ1n) is 28.2. The summed E-state index contributed by atoms with van der Waals surface area (Å²) in [5.74, 6) is 0.0561. The maximum atomic E-state index is 12.8. The van der Waals surface area contributed by atoms with Crippen LogP contribution in [0.4, 0.5) is 0 Å². The molecule has 8 aliphatic rings. The highest BCUT2D eigenvalue weighted by Crippen LogP contribution is 2.77. The molecule has 22 heteroatoms. The average molecular weight is 1110 g/mol. The molecule has 4 saturated heterocycles. The summed E-state index contributed by atoms with van der Waals surface area (Å²) in [5.41, 5.74) is -1.68. The van der Waals surface area contributed by atoms with Crippen molar-refractivity contribution in [2.45, 2.75) is 261 Å². The monoisotopic (exact) mass is 1110 g/mol. The van der Waals surface area contributed by atoms with Gasteiger partial charge < -0.3 is 109 Å². The van der Waals surface area contributed by atoms with Crippen LogP contribution in [0.5, 0.6) is 0 Å². The van der Waals surface area contributed by atoms with Crippen molar-refractivity contribution in [1.82, 2.24) is 0 Å². The second kappa shape index (κ2) is 23.1. The van der Waals surface area contributed by atoms with E-state index in [-0.39, 0.29) is 46.8 Å². The molecule has 22 nitrogen and oxygen atoms in total. The molecule has 31 unspecified atom stereocenters. The first-order valence-corrected chi connectivity index (χ1v) is 28.2. The Balaban J connectivity index is 1.03. The molecule has 0 amide bonds. The summed E-state index contributed by atoms with van der Waals surface area (Å²) in [7, 11) is 0. The van der Waals surface area contributed by atoms with Crippen LogP contribution in [0.2, 0.25) is 0 Å². The predicted octanol–water partition coefficient (Wildman–Crippen LogP) is -0.929. The van der Waals surface area contributed by atoms with Crippen molar-refractivity contribution in [2.24, 2.45) is 51.2 Å². The molecule has 0 aromatic carbocycles. The number of aliphatic hydroxyl groups excluding tert-OH is 14. The number of rotatable bonds is 15. The van der Waals surface area contributed by atoms with Gasteiger partial charge in [0.2, 0.25) is 0 Å². The van der Waals surface area contributed by atoms with E-state index in [0.29, 0.717) is 19.3 Å². The first kappa shape index (κ1) is 61.9. The third-order valence-electron chi connectivity index (χ3n) is 21.3. The maximum Gasteiger partial charge on any atom is 0.187 e. The molecule has 0 radical (unpaired) electrons. The summed E-state index contributed by atoms with van der Waals surface area (Å²) in [5, 5.41) is 152. The lowest BCUT2D eigenvalue weighted by molar-refractivity contribution is -0.381. The van der Waals surface area contributed by atoms with Gasteiger partial charge in [-0.25, -0.2) is 0 Å². The average Bonchev–Trinajstić information content (AvgIpc) is 4.05. The molecular formula is C55H94O22. The summed E-state index contributed by atoms with van der Waals surface area (Å²) in [4.78, 5) is 0. The van der Waals surface area contributed by atoms with Crippen LogP contribution in [0.15, 0.2) is 11.6 Å². The minimum absolute atomic E-state index is 0.0284. The largest absolute Gasteiger partial charge is 0.394 e. The molecule has 4 saturated carbocycles. The van der Waals surface area contributed by atoms with E-state index in [1.807, 2.05) is 20.8 Å². The minimum atomic E-state index is -1.84. The molecular weight excluding hydrogens is 1010 g/mol. The molecule has 4 aliphatic heterocycles. The topological polar surface area (TPSA) is 357 Å². The number of fused-ring (bicyclic) bond motifs is 5. The van der Waals surface area contributed by atoms with Crippen LogP contribution < -0.4 is 0 Å². The quantitative estimate of drug-likeness (QED) is 0.0696. The molecule has 4 heterocycles. The Bertz CT molecular complexity index is 2010. The predicted molar refractivity (Wildman–Crippen MR) is 269 cm³/mol. The normalized spacial score (nSPS) is 53.6. The molecule has 0 bridgehead atoms. The van der Waals surface area contributed by atoms with Crippen LogP contribution in [0.1, 0.15) is 121 Å². The Labute approximate surface area is 452 Å². The molecule has 14 N–H and O–H groups in total. The molecule has 0 spiro atoms. The number of ether oxygens (including phenoxy) is 8. The fraction of sp³-hybridized carbons (Fsp3) is 0.964. The van der Waals surface area contributed by atoms with E-state index in [0.717, 1.165) is 31.3 Å². The highest BCUT2D eigenvalue weighted by molar-refractivity contribution is 5.21. The number of aliphatic hydroxyl groups is 14. The standard InChI is InChI=1S/C55H94O22/c1-23(2)12-11-15-54(9,77-49-45(69)41(65)38(62)29(74-49)22-70-47-43(67)39(63)35(59)25(4)71-47)26-13-16-53(8)34(26)24(3)18-31-52(53,7)17-14-30-51(5,6)33(19-32(58)55(30,31)10)75-50-46(42(66)37(61)28(21-57)73-50)76-48-44(68)40(64)36(60)27(20-56)72-48/h12,24-50,56-69H,11,13-22H2,1-10H3. The smallest absolute Gasteiger partial charge is 0.187 e. The lowest BCUT2D eigenvalue weighted by Gasteiger charge is -2.72. The second-order valence-corrected chi connectivity index (χ2v) is 26.2. The molecule has 446 valence electrons. The Kier molecular flexibility index (Phi) is 18.6. The maximum absolute atomic E-state index is 12.8. The van der Waals surface area contributed by atoms with Crippen molar-refractivity contribution in [3.8, 4) is 0 Å². The third kappa shape index (κ3) is 10.7. The van der Waals surface area contributed by atoms with Gasteiger partial charge >= 0.3 is 0 Å². The third-order valence-corrected chi connectivity index (χ3v) is 21.3. The molecule has 8 fully saturated rings. The molecule has 8 rings (SSSR count). The van der Waals surface area contributed by atoms with Gasteiger partial charge in [0, 0.05) is 11.8 Å². The zero-order valence-electron chi connectivity index (χ0n) is 46.5. The highest BCUT2D eigenvalue weighted by atomic mass is 16.8. The summed E-state index contributed by atoms with van der Waals surface area (Å²) in [6.45, 7) is 19.2. The van der Waals surface area contributed by atoms with Gasteiger partial charge in [0.25, 0.3) is 0 Å². The van der Waals surface area contributed by atoms with E-state index in [1.54, 1.807) is 0 Å². The lowest BCUT2D eigenvalue weighted by atomic mass is 9.34. The van der Waals surface area contributed by atoms with Crippen molar-refractivity contribution >= 4 is 0 Å². The van der Waals surface area contributed by atoms with Gasteiger partial charge in [-0.2, -0.15) is 0 Å². The van der Waals surface area contributed by atoms with Crippen molar-refractivity contribution in [3.63, 3.8) is 0 Å². The number of hydrogen-bond acceptors (Lipinski definition) is 22. The van der Waals surface area contributed by atoms with Crippen molar-refractivity contribution in [2.75, 3.05) is 19.8 Å². The van der Waals surface area contributed by atoms with Crippen LogP contribution >= 0.6 is 0 Å². The van der Waals surface area contributed by atoms with E-state index in [2.05, 4.69) is 47.6 Å². The molecule has 0 aromatic rings. The first-order chi connectivity index (χ1) is 35.9. The zero-order chi connectivity index (χ0) is 56.8. The summed E-state index contributed by atoms with van der Waals surface area (Å²) in [6.07, 6.45) is -24.8. The van der Waals surface area contributed by atoms with E-state index in [4.69, 9.17) is 37.9 Å². The van der Waals surface area contributed by atoms with Gasteiger partial charge in [0.05, 0.1) is 43.7 Å². The van der Waals surface area contributed by atoms with Crippen LogP contribution in [-0.2, 0) is 37.9 Å². The summed E-state index contributed by atoms with van der Waals surface area (Å²) >= 11 is 0. The van der Waals surface area contributed by atoms with Gasteiger partial charge in [0.15, 0.2) is 25.2 Å². The minimum Gasteiger partial charge on any atom is -0.394 e. The lowest BCUT2D eigenvalue weighted by Crippen LogP contribution is -2.70. The summed E-state index contributed by atoms with van der Waals surface area (Å²) in [6, 6.07) is 0. The van der Waals surface area contributed by atoms with Crippen molar-refractivity contribution in [3.05, 3.63) is 11.6 Å². The van der Waals surface area contributed by atoms with Gasteiger partial charge in [-0.05, 0) is 118 Å². The highest BCUT2D eigenvalue weighted by Gasteiger charge is 2.73. The number of allylic oxidation sites excluding steroid dienone is 2. The van der Waals surface area contributed by atoms with Gasteiger partial charge in [0.1, 0.15) is 91.6 Å². The van der Waals surface area contributed by atoms with E-state index in [1.165, 1.54) is 6.92 Å². The molecule has 31 atom stereocenters. The van der Waals surface area contributed by atoms with Gasteiger partial charge in [-0.1, -0.05) is 53.2 Å². The number of hydrogen-bond donors (Lipinski definition) is 14. The Morgan fingerprint density at radius 2 is 1.13 bits per heavy atom. The Hall–Kier alpha value is -1.14. The van der Waals surface area contributed by atoms with Crippen LogP contribution in [-0.4, -0.2) is 232 Å². The van der Waals surface area contributed by atoms with Crippen molar-refractivity contribution in [1.29, 1.82) is 0 Å². The van der Waals surface area contributed by atoms with E-state index >= 15 is 0 Å². The second-order valence-electron chi connectivity index (χ2n) is 26.2. The van der Waals surface area contributed by atoms with E-state index in [9.17, 15) is 71.5 Å². The fourth-order valence-electron chi connectivity index (χ4n) is 16.6. The fourth-order valence-corrected chi connectivity index (χ4v) is 16.6. The molecule has 0 aromatic heterocycles. The Morgan fingerprint density at radius 1 is 0.584 bits per heavy atom. The Morgan fingerprint density at radius 3 is 1.75 bits per heavy atom. The van der Waals surface area contributed by atoms with E-state index < -0.39 is 171 Å². The van der Waals surface area contributed by atoms with Gasteiger partial charge in [-0.3, -0.25) is 0 Å². The van der Waals surface area contributed by atoms with Gasteiger partial charge in [-0.15, -0.1) is 0 Å². The molecule has 77 heavy (non-hydrogen) atoms. The summed E-state index contributed by atoms with van der Waals surface area (Å²) < 4.78 is 49.2. The van der Waals surface area contributed by atoms with Crippen molar-refractivity contribution < 1.29 is 109 Å². The van der Waals surface area contributed by atoms with Crippen LogP contribution in [0.25, 0.3) is 0 Å². The van der Waals surface area contributed by atoms with Crippen LogP contribution in [0.3, 0.4) is 0 Å². The van der Waals surface area contributed by atoms with Crippen LogP contribution in [0, 0.1) is 51.2 Å². The molecule has 4 aliphatic carbocycles. The SMILES string of the molecule is CC(C)=CCCC(C)(OC1OC(COC2OC(C)C(O)C(O)C2O)C(O)C(O)C1O)C1CCC2(C)C1C(C)CC1C3(C)C(O)CC(OC4OC(CO)C(O)C(O)C4OC4OC(CO)C(O)C(O)C4O)C(C)(C)C3CCC12C.